The van der Waals surface area contributed by atoms with Gasteiger partial charge in [0.15, 0.2) is 0 Å². The predicted molar refractivity (Wildman–Crippen MR) is 83.2 cm³/mol. The van der Waals surface area contributed by atoms with Crippen LogP contribution in [-0.4, -0.2) is 19.3 Å². The minimum atomic E-state index is -3.38. The molecule has 1 aromatic carbocycles. The van der Waals surface area contributed by atoms with Crippen molar-refractivity contribution in [2.45, 2.75) is 49.9 Å². The van der Waals surface area contributed by atoms with Crippen LogP contribution in [0.3, 0.4) is 0 Å². The third kappa shape index (κ3) is 5.24. The van der Waals surface area contributed by atoms with Gasteiger partial charge in [-0.25, -0.2) is 13.1 Å². The molecule has 0 aliphatic carbocycles. The van der Waals surface area contributed by atoms with Crippen molar-refractivity contribution < 1.29 is 8.42 Å². The molecule has 0 heterocycles. The molecule has 0 amide bonds. The fourth-order valence-electron chi connectivity index (χ4n) is 1.64. The normalized spacial score (nSPS) is 14.1. The van der Waals surface area contributed by atoms with Gasteiger partial charge < -0.3 is 0 Å². The molecule has 1 aromatic rings. The van der Waals surface area contributed by atoms with Gasteiger partial charge in [-0.15, -0.1) is 0 Å². The Morgan fingerprint density at radius 3 is 2.05 bits per heavy atom. The molecule has 0 aliphatic rings. The molecule has 0 spiro atoms. The number of benzene rings is 1. The molecule has 0 bridgehead atoms. The summed E-state index contributed by atoms with van der Waals surface area (Å²) < 4.78 is 26.5. The smallest absolute Gasteiger partial charge is 0.209 e. The van der Waals surface area contributed by atoms with Crippen LogP contribution in [0.15, 0.2) is 29.2 Å². The van der Waals surface area contributed by atoms with Crippen LogP contribution >= 0.6 is 15.9 Å². The van der Waals surface area contributed by atoms with Crippen molar-refractivity contribution in [1.29, 1.82) is 0 Å². The molecule has 1 N–H and O–H groups in total. The standard InChI is InChI=1S/C14H22BrNO2S/c1-10(2)14(15)9-12-5-7-13(8-6-12)19(17,18)16-11(3)4/h5-8,10-11,14,16H,9H2,1-4H3. The minimum absolute atomic E-state index is 0.0995. The summed E-state index contributed by atoms with van der Waals surface area (Å²) in [5.41, 5.74) is 1.14. The number of rotatable bonds is 6. The first-order valence-corrected chi connectivity index (χ1v) is 8.87. The average molecular weight is 348 g/mol. The first-order chi connectivity index (χ1) is 8.72. The quantitative estimate of drug-likeness (QED) is 0.802. The van der Waals surface area contributed by atoms with E-state index in [2.05, 4.69) is 34.5 Å². The van der Waals surface area contributed by atoms with E-state index in [1.54, 1.807) is 12.1 Å². The molecule has 108 valence electrons. The second-order valence-corrected chi connectivity index (χ2v) is 8.27. The van der Waals surface area contributed by atoms with Gasteiger partial charge in [-0.2, -0.15) is 0 Å². The van der Waals surface area contributed by atoms with Crippen LogP contribution in [0.25, 0.3) is 0 Å². The number of hydrogen-bond acceptors (Lipinski definition) is 2. The summed E-state index contributed by atoms with van der Waals surface area (Å²) in [5.74, 6) is 0.547. The van der Waals surface area contributed by atoms with Gasteiger partial charge in [0.2, 0.25) is 10.0 Å². The van der Waals surface area contributed by atoms with E-state index in [0.29, 0.717) is 15.6 Å². The maximum absolute atomic E-state index is 12.0. The molecule has 1 rings (SSSR count). The van der Waals surface area contributed by atoms with Gasteiger partial charge in [-0.1, -0.05) is 41.9 Å². The lowest BCUT2D eigenvalue weighted by Gasteiger charge is -2.14. The summed E-state index contributed by atoms with van der Waals surface area (Å²) in [5, 5.41) is 0. The van der Waals surface area contributed by atoms with Crippen molar-refractivity contribution in [3.63, 3.8) is 0 Å². The van der Waals surface area contributed by atoms with Crippen LogP contribution in [0.1, 0.15) is 33.3 Å². The Labute approximate surface area is 125 Å². The van der Waals surface area contributed by atoms with E-state index in [1.165, 1.54) is 0 Å². The predicted octanol–water partition coefficient (Wildman–Crippen LogP) is 3.34. The number of nitrogens with one attached hydrogen (secondary N) is 1. The fourth-order valence-corrected chi connectivity index (χ4v) is 3.27. The fraction of sp³-hybridized carbons (Fsp3) is 0.571. The van der Waals surface area contributed by atoms with Gasteiger partial charge in [0.05, 0.1) is 4.90 Å². The average Bonchev–Trinajstić information content (AvgIpc) is 2.27. The van der Waals surface area contributed by atoms with Crippen molar-refractivity contribution in [3.05, 3.63) is 29.8 Å². The molecular formula is C14H22BrNO2S. The summed E-state index contributed by atoms with van der Waals surface area (Å²) in [6.45, 7) is 7.93. The lowest BCUT2D eigenvalue weighted by molar-refractivity contribution is 0.569. The molecule has 0 aliphatic heterocycles. The van der Waals surface area contributed by atoms with E-state index in [-0.39, 0.29) is 6.04 Å². The van der Waals surface area contributed by atoms with Crippen LogP contribution < -0.4 is 4.72 Å². The second-order valence-electron chi connectivity index (χ2n) is 5.38. The molecule has 5 heteroatoms. The summed E-state index contributed by atoms with van der Waals surface area (Å²) >= 11 is 3.64. The highest BCUT2D eigenvalue weighted by Crippen LogP contribution is 2.19. The first kappa shape index (κ1) is 16.7. The summed E-state index contributed by atoms with van der Waals surface area (Å²) in [6, 6.07) is 6.99. The first-order valence-electron chi connectivity index (χ1n) is 6.47. The van der Waals surface area contributed by atoms with Crippen LogP contribution in [0, 0.1) is 5.92 Å². The van der Waals surface area contributed by atoms with Gasteiger partial charge in [0.25, 0.3) is 0 Å². The topological polar surface area (TPSA) is 46.2 Å². The van der Waals surface area contributed by atoms with E-state index in [0.717, 1.165) is 12.0 Å². The van der Waals surface area contributed by atoms with Gasteiger partial charge in [0, 0.05) is 10.9 Å². The summed E-state index contributed by atoms with van der Waals surface area (Å²) in [7, 11) is -3.38. The van der Waals surface area contributed by atoms with Crippen molar-refractivity contribution >= 4 is 26.0 Å². The Morgan fingerprint density at radius 1 is 1.11 bits per heavy atom. The lowest BCUT2D eigenvalue weighted by Crippen LogP contribution is -2.30. The Kier molecular flexibility index (Phi) is 6.02. The number of halogens is 1. The number of sulfonamides is 1. The van der Waals surface area contributed by atoms with Crippen LogP contribution in [0.5, 0.6) is 0 Å². The molecule has 0 saturated heterocycles. The van der Waals surface area contributed by atoms with Crippen molar-refractivity contribution in [3.8, 4) is 0 Å². The monoisotopic (exact) mass is 347 g/mol. The summed E-state index contributed by atoms with van der Waals surface area (Å²) in [6.07, 6.45) is 0.898. The Bertz CT molecular complexity index is 495. The largest absolute Gasteiger partial charge is 0.240 e. The lowest BCUT2D eigenvalue weighted by atomic mass is 10.0. The molecule has 0 saturated carbocycles. The second kappa shape index (κ2) is 6.86. The maximum Gasteiger partial charge on any atom is 0.240 e. The van der Waals surface area contributed by atoms with Crippen LogP contribution in [0.4, 0.5) is 0 Å². The Morgan fingerprint density at radius 2 is 1.63 bits per heavy atom. The molecular weight excluding hydrogens is 326 g/mol. The van der Waals surface area contributed by atoms with Gasteiger partial charge in [-0.05, 0) is 43.9 Å². The maximum atomic E-state index is 12.0. The SMILES string of the molecule is CC(C)NS(=O)(=O)c1ccc(CC(Br)C(C)C)cc1. The highest BCUT2D eigenvalue weighted by atomic mass is 79.9. The highest BCUT2D eigenvalue weighted by molar-refractivity contribution is 9.09. The van der Waals surface area contributed by atoms with Crippen molar-refractivity contribution in [2.24, 2.45) is 5.92 Å². The molecule has 1 unspecified atom stereocenters. The third-order valence-corrected chi connectivity index (χ3v) is 5.83. The molecule has 19 heavy (non-hydrogen) atoms. The third-order valence-electron chi connectivity index (χ3n) is 2.78. The van der Waals surface area contributed by atoms with E-state index < -0.39 is 10.0 Å². The van der Waals surface area contributed by atoms with Crippen molar-refractivity contribution in [2.75, 3.05) is 0 Å². The zero-order chi connectivity index (χ0) is 14.6. The van der Waals surface area contributed by atoms with Gasteiger partial charge >= 0.3 is 0 Å². The Balaban J connectivity index is 2.82. The molecule has 0 fully saturated rings. The van der Waals surface area contributed by atoms with Gasteiger partial charge in [-0.3, -0.25) is 0 Å². The van der Waals surface area contributed by atoms with Crippen molar-refractivity contribution in [1.82, 2.24) is 4.72 Å². The zero-order valence-corrected chi connectivity index (χ0v) is 14.3. The molecule has 3 nitrogen and oxygen atoms in total. The van der Waals surface area contributed by atoms with E-state index in [4.69, 9.17) is 0 Å². The van der Waals surface area contributed by atoms with E-state index >= 15 is 0 Å². The molecule has 0 aromatic heterocycles. The number of hydrogen-bond donors (Lipinski definition) is 1. The number of alkyl halides is 1. The summed E-state index contributed by atoms with van der Waals surface area (Å²) in [4.78, 5) is 0.726. The van der Waals surface area contributed by atoms with Crippen LogP contribution in [-0.2, 0) is 16.4 Å². The van der Waals surface area contributed by atoms with E-state index in [1.807, 2.05) is 26.0 Å². The highest BCUT2D eigenvalue weighted by Gasteiger charge is 2.15. The minimum Gasteiger partial charge on any atom is -0.209 e. The van der Waals surface area contributed by atoms with Crippen LogP contribution in [0.2, 0.25) is 0 Å². The molecule has 0 radical (unpaired) electrons. The molecule has 1 atom stereocenters. The van der Waals surface area contributed by atoms with E-state index in [9.17, 15) is 8.42 Å². The zero-order valence-electron chi connectivity index (χ0n) is 11.9. The van der Waals surface area contributed by atoms with Gasteiger partial charge in [0.1, 0.15) is 0 Å². The Hall–Kier alpha value is -0.390.